The van der Waals surface area contributed by atoms with E-state index in [1.54, 1.807) is 0 Å². The number of anilines is 1. The average molecular weight is 754 g/mol. The normalized spacial score (nSPS) is 22.0. The highest BCUT2D eigenvalue weighted by molar-refractivity contribution is 7.86. The molecule has 0 saturated carbocycles. The maximum atomic E-state index is 13.7. The number of nitrogens with one attached hydrogen (secondary N) is 1. The number of aliphatic carboxylic acids is 2. The Bertz CT molecular complexity index is 1840. The zero-order valence-corrected chi connectivity index (χ0v) is 28.9. The number of nitrogens with two attached hydrogens (primary N) is 1. The van der Waals surface area contributed by atoms with Crippen molar-refractivity contribution in [3.05, 3.63) is 45.1 Å². The molecular weight excluding hydrogens is 720 g/mol. The number of aromatic hydroxyl groups is 2. The lowest BCUT2D eigenvalue weighted by Crippen LogP contribution is -2.66. The number of hydrogen-bond acceptors (Lipinski definition) is 13. The summed E-state index contributed by atoms with van der Waals surface area (Å²) >= 11 is 7.01. The number of carboxylic acids is 2. The third-order valence-electron chi connectivity index (χ3n) is 8.81. The van der Waals surface area contributed by atoms with Crippen molar-refractivity contribution < 1.29 is 57.9 Å². The van der Waals surface area contributed by atoms with Gasteiger partial charge in [0, 0.05) is 41.2 Å². The monoisotopic (exact) mass is 753 g/mol. The van der Waals surface area contributed by atoms with Crippen molar-refractivity contribution in [3.8, 4) is 11.5 Å². The molecule has 2 aromatic rings. The summed E-state index contributed by atoms with van der Waals surface area (Å²) < 4.78 is 14.0. The number of carbonyl (C=O) groups excluding carboxylic acids is 3. The van der Waals surface area contributed by atoms with Crippen LogP contribution in [-0.4, -0.2) is 124 Å². The molecule has 17 nitrogen and oxygen atoms in total. The summed E-state index contributed by atoms with van der Waals surface area (Å²) in [5.74, 6) is -6.93. The first kappa shape index (κ1) is 36.7. The highest BCUT2D eigenvalue weighted by Gasteiger charge is 2.57. The quantitative estimate of drug-likeness (QED) is 0.0515. The van der Waals surface area contributed by atoms with Gasteiger partial charge in [-0.05, 0) is 25.1 Å². The Morgan fingerprint density at radius 2 is 1.92 bits per heavy atom. The number of β-lactam (4-membered cyclic amide) rings is 1. The number of ketones is 1. The van der Waals surface area contributed by atoms with Gasteiger partial charge in [0.05, 0.1) is 37.8 Å². The minimum absolute atomic E-state index is 0.0155. The third kappa shape index (κ3) is 7.44. The first-order valence-electron chi connectivity index (χ1n) is 15.3. The van der Waals surface area contributed by atoms with Crippen LogP contribution in [0.15, 0.2) is 34.6 Å². The van der Waals surface area contributed by atoms with Crippen LogP contribution >= 0.6 is 22.9 Å². The van der Waals surface area contributed by atoms with Gasteiger partial charge in [-0.3, -0.25) is 23.5 Å². The first-order valence-corrected chi connectivity index (χ1v) is 17.9. The van der Waals surface area contributed by atoms with Gasteiger partial charge >= 0.3 is 11.9 Å². The number of fused-ring (bicyclic) bond motifs is 1. The van der Waals surface area contributed by atoms with Crippen LogP contribution in [-0.2, 0) is 34.8 Å². The summed E-state index contributed by atoms with van der Waals surface area (Å²) in [4.78, 5) is 73.4. The molecule has 0 spiro atoms. The molecule has 0 aliphatic carbocycles. The van der Waals surface area contributed by atoms with Crippen molar-refractivity contribution in [1.29, 1.82) is 0 Å². The van der Waals surface area contributed by atoms with E-state index in [4.69, 9.17) is 27.3 Å². The number of nitrogen functional groups attached to an aromatic ring is 1. The number of halogens is 1. The van der Waals surface area contributed by atoms with Crippen LogP contribution < -0.4 is 11.1 Å². The summed E-state index contributed by atoms with van der Waals surface area (Å²) in [5, 5.41) is 44.0. The van der Waals surface area contributed by atoms with E-state index in [9.17, 15) is 43.5 Å². The van der Waals surface area contributed by atoms with E-state index in [1.165, 1.54) is 19.1 Å². The minimum Gasteiger partial charge on any atom is -0.504 e. The van der Waals surface area contributed by atoms with E-state index in [0.29, 0.717) is 29.7 Å². The van der Waals surface area contributed by atoms with Gasteiger partial charge in [0.15, 0.2) is 28.1 Å². The summed E-state index contributed by atoms with van der Waals surface area (Å²) in [5.41, 5.74) is 5.19. The first-order chi connectivity index (χ1) is 23.6. The van der Waals surface area contributed by atoms with Crippen molar-refractivity contribution in [2.24, 2.45) is 11.1 Å². The molecule has 3 aliphatic heterocycles. The fourth-order valence-corrected chi connectivity index (χ4v) is 9.02. The fourth-order valence-electron chi connectivity index (χ4n) is 6.33. The molecule has 4 heterocycles. The van der Waals surface area contributed by atoms with E-state index in [1.807, 2.05) is 0 Å². The number of quaternary nitrogens is 1. The maximum Gasteiger partial charge on any atom is 0.352 e. The summed E-state index contributed by atoms with van der Waals surface area (Å²) in [6.45, 7) is 3.26. The SMILES string of the molecule is C[C@H](O/N=C(\C(=O)C[C@@H]1C(=O)N2C(C(=O)O)=C(C[N+]3(CCNC(=O)c4ccc(O)c(O)c4)CCCC3)CS(=O)[C@H]12)c1nc(N)sc1Cl)C(=O)O. The Hall–Kier alpha value is -4.59. The molecule has 4 atom stereocenters. The molecule has 1 aromatic heterocycles. The predicted molar refractivity (Wildman–Crippen MR) is 179 cm³/mol. The molecule has 1 unspecified atom stereocenters. The van der Waals surface area contributed by atoms with Crippen LogP contribution in [0.3, 0.4) is 0 Å². The summed E-state index contributed by atoms with van der Waals surface area (Å²) in [6, 6.07) is 3.70. The van der Waals surface area contributed by atoms with Gasteiger partial charge in [-0.1, -0.05) is 28.1 Å². The number of hydrogen-bond donors (Lipinski definition) is 6. The second-order valence-electron chi connectivity index (χ2n) is 12.2. The second-order valence-corrected chi connectivity index (χ2v) is 15.3. The van der Waals surface area contributed by atoms with E-state index in [2.05, 4.69) is 15.5 Å². The smallest absolute Gasteiger partial charge is 0.352 e. The lowest BCUT2D eigenvalue weighted by atomic mass is 9.89. The van der Waals surface area contributed by atoms with Crippen LogP contribution in [0.1, 0.15) is 42.2 Å². The number of Topliss-reactive ketones (excluding diaryl/α,β-unsaturated/α-hetero) is 1. The van der Waals surface area contributed by atoms with Crippen molar-refractivity contribution in [2.75, 3.05) is 44.2 Å². The molecule has 20 heteroatoms. The molecule has 2 saturated heterocycles. The number of phenols is 2. The van der Waals surface area contributed by atoms with Crippen LogP contribution in [0.4, 0.5) is 5.13 Å². The molecule has 2 amide bonds. The Balaban J connectivity index is 1.33. The zero-order chi connectivity index (χ0) is 36.5. The van der Waals surface area contributed by atoms with E-state index in [-0.39, 0.29) is 51.0 Å². The number of thiazole rings is 1. The molecule has 0 radical (unpaired) electrons. The van der Waals surface area contributed by atoms with Crippen molar-refractivity contribution in [1.82, 2.24) is 15.2 Å². The highest BCUT2D eigenvalue weighted by atomic mass is 35.5. The van der Waals surface area contributed by atoms with Gasteiger partial charge in [0.2, 0.25) is 12.0 Å². The second kappa shape index (κ2) is 14.7. The lowest BCUT2D eigenvalue weighted by molar-refractivity contribution is -0.911. The van der Waals surface area contributed by atoms with Crippen LogP contribution in [0, 0.1) is 5.92 Å². The van der Waals surface area contributed by atoms with Gasteiger partial charge in [-0.25, -0.2) is 14.6 Å². The van der Waals surface area contributed by atoms with Gasteiger partial charge in [0.1, 0.15) is 27.6 Å². The zero-order valence-electron chi connectivity index (χ0n) is 26.5. The van der Waals surface area contributed by atoms with Crippen LogP contribution in [0.5, 0.6) is 11.5 Å². The van der Waals surface area contributed by atoms with E-state index < -0.39 is 75.6 Å². The molecule has 50 heavy (non-hydrogen) atoms. The summed E-state index contributed by atoms with van der Waals surface area (Å²) in [6.07, 6.45) is -0.347. The van der Waals surface area contributed by atoms with Crippen LogP contribution in [0.2, 0.25) is 4.34 Å². The minimum atomic E-state index is -1.80. The lowest BCUT2D eigenvalue weighted by Gasteiger charge is -2.49. The number of likely N-dealkylation sites (tertiary alicyclic amines) is 1. The average Bonchev–Trinajstić information content (AvgIpc) is 3.65. The Kier molecular flexibility index (Phi) is 10.8. The number of rotatable bonds is 14. The highest BCUT2D eigenvalue weighted by Crippen LogP contribution is 2.42. The number of phenolic OH excluding ortho intramolecular Hbond substituents is 2. The molecule has 268 valence electrons. The Morgan fingerprint density at radius 3 is 2.52 bits per heavy atom. The van der Waals surface area contributed by atoms with E-state index in [0.717, 1.165) is 35.1 Å². The third-order valence-corrected chi connectivity index (χ3v) is 11.6. The number of aromatic nitrogens is 1. The molecule has 3 aliphatic rings. The topological polar surface area (TPSA) is 259 Å². The molecular formula is C30H34ClN6O11S2+. The van der Waals surface area contributed by atoms with Crippen LogP contribution in [0.25, 0.3) is 0 Å². The molecule has 5 rings (SSSR count). The maximum absolute atomic E-state index is 13.7. The number of carbonyl (C=O) groups is 5. The van der Waals surface area contributed by atoms with E-state index >= 15 is 0 Å². The van der Waals surface area contributed by atoms with Gasteiger partial charge in [0.25, 0.3) is 5.91 Å². The van der Waals surface area contributed by atoms with Crippen molar-refractivity contribution >= 4 is 74.1 Å². The number of carboxylic acid groups (broad SMARTS) is 2. The Labute approximate surface area is 296 Å². The largest absolute Gasteiger partial charge is 0.504 e. The Morgan fingerprint density at radius 1 is 1.22 bits per heavy atom. The molecule has 2 fully saturated rings. The number of oxime groups is 1. The van der Waals surface area contributed by atoms with Crippen molar-refractivity contribution in [2.45, 2.75) is 37.7 Å². The number of amides is 2. The fraction of sp³-hybridized carbons (Fsp3) is 0.433. The van der Waals surface area contributed by atoms with Gasteiger partial charge in [-0.2, -0.15) is 0 Å². The summed E-state index contributed by atoms with van der Waals surface area (Å²) in [7, 11) is -1.80. The molecule has 0 bridgehead atoms. The van der Waals surface area contributed by atoms with Crippen molar-refractivity contribution in [3.63, 3.8) is 0 Å². The van der Waals surface area contributed by atoms with Gasteiger partial charge < -0.3 is 40.8 Å². The number of nitrogens with zero attached hydrogens (tertiary/aromatic N) is 4. The number of benzene rings is 1. The van der Waals surface area contributed by atoms with Gasteiger partial charge in [-0.15, -0.1) is 0 Å². The molecule has 1 aromatic carbocycles. The predicted octanol–water partition coefficient (Wildman–Crippen LogP) is 0.869. The molecule has 7 N–H and O–H groups in total. The standard InChI is InChI=1S/C30H33ClN6O11S2/c1-14(28(43)44)48-35-21(22-24(31)49-30(32)34-22)20(40)11-17-26(42)36-23(29(45)46)16(13-50(47)27(17)36)12-37(7-2-3-8-37)9-6-33-25(41)15-4-5-18(38)19(39)10-15/h4-5,10,14,17,27H,2-3,6-9,11-13H2,1H3,(H6-,32,33,34,35,38,39,40,41,43,44,45,46)/p+1/t14-,17+,27+,50?/m0/s1.